The van der Waals surface area contributed by atoms with Crippen LogP contribution in [0.1, 0.15) is 12.0 Å². The average Bonchev–Trinajstić information content (AvgIpc) is 2.44. The highest BCUT2D eigenvalue weighted by molar-refractivity contribution is 5.70. The first-order valence-corrected chi connectivity index (χ1v) is 4.25. The average molecular weight is 194 g/mol. The van der Waals surface area contributed by atoms with E-state index in [4.69, 9.17) is 5.11 Å². The number of hydrogen-bond acceptors (Lipinski definition) is 4. The Labute approximate surface area is 80.4 Å². The van der Waals surface area contributed by atoms with Gasteiger partial charge in [0, 0.05) is 18.3 Å². The van der Waals surface area contributed by atoms with Crippen molar-refractivity contribution in [2.24, 2.45) is 0 Å². The first-order chi connectivity index (χ1) is 6.62. The Morgan fingerprint density at radius 1 is 1.71 bits per heavy atom. The molecule has 1 aliphatic rings. The standard InChI is InChI=1S/C9H10N2O3/c12-7(13)4-9(14)5-11-8-6(9)2-1-3-10-8/h1-3,14H,4-5H2,(H,10,11)(H,12,13). The Hall–Kier alpha value is -1.62. The van der Waals surface area contributed by atoms with Crippen LogP contribution in [0.3, 0.4) is 0 Å². The Kier molecular flexibility index (Phi) is 1.89. The molecule has 0 saturated heterocycles. The number of carboxylic acids is 1. The van der Waals surface area contributed by atoms with Crippen molar-refractivity contribution in [3.63, 3.8) is 0 Å². The van der Waals surface area contributed by atoms with Gasteiger partial charge in [0.15, 0.2) is 0 Å². The minimum absolute atomic E-state index is 0.200. The molecule has 2 heterocycles. The summed E-state index contributed by atoms with van der Waals surface area (Å²) < 4.78 is 0. The zero-order chi connectivity index (χ0) is 10.2. The van der Waals surface area contributed by atoms with Crippen LogP contribution in [0.4, 0.5) is 5.82 Å². The van der Waals surface area contributed by atoms with Crippen LogP contribution in [-0.2, 0) is 10.4 Å². The second-order valence-electron chi connectivity index (χ2n) is 3.36. The van der Waals surface area contributed by atoms with Crippen LogP contribution in [0.15, 0.2) is 18.3 Å². The SMILES string of the molecule is O=C(O)CC1(O)CNc2ncccc21. The largest absolute Gasteiger partial charge is 0.481 e. The molecule has 0 aromatic carbocycles. The number of aliphatic carboxylic acids is 1. The molecule has 0 spiro atoms. The summed E-state index contributed by atoms with van der Waals surface area (Å²) in [7, 11) is 0. The van der Waals surface area contributed by atoms with Crippen LogP contribution in [-0.4, -0.2) is 27.7 Å². The molecule has 0 fully saturated rings. The van der Waals surface area contributed by atoms with Crippen LogP contribution in [0, 0.1) is 0 Å². The summed E-state index contributed by atoms with van der Waals surface area (Å²) >= 11 is 0. The van der Waals surface area contributed by atoms with Crippen molar-refractivity contribution >= 4 is 11.8 Å². The summed E-state index contributed by atoms with van der Waals surface area (Å²) in [4.78, 5) is 14.6. The second kappa shape index (κ2) is 2.95. The number of hydrogen-bond donors (Lipinski definition) is 3. The highest BCUT2D eigenvalue weighted by Gasteiger charge is 2.39. The van der Waals surface area contributed by atoms with E-state index in [-0.39, 0.29) is 13.0 Å². The lowest BCUT2D eigenvalue weighted by atomic mass is 9.94. The molecule has 5 nitrogen and oxygen atoms in total. The third kappa shape index (κ3) is 1.31. The number of aliphatic hydroxyl groups is 1. The van der Waals surface area contributed by atoms with E-state index in [1.807, 2.05) is 0 Å². The molecular formula is C9H10N2O3. The topological polar surface area (TPSA) is 82.5 Å². The molecular weight excluding hydrogens is 184 g/mol. The molecule has 1 atom stereocenters. The summed E-state index contributed by atoms with van der Waals surface area (Å²) in [6.45, 7) is 0.200. The van der Waals surface area contributed by atoms with E-state index in [1.165, 1.54) is 0 Å². The molecule has 1 aliphatic heterocycles. The van der Waals surface area contributed by atoms with Crippen molar-refractivity contribution in [3.05, 3.63) is 23.9 Å². The minimum Gasteiger partial charge on any atom is -0.481 e. The Morgan fingerprint density at radius 2 is 2.50 bits per heavy atom. The van der Waals surface area contributed by atoms with Gasteiger partial charge in [0.2, 0.25) is 0 Å². The van der Waals surface area contributed by atoms with Gasteiger partial charge in [0.1, 0.15) is 11.4 Å². The molecule has 0 saturated carbocycles. The van der Waals surface area contributed by atoms with Crippen LogP contribution < -0.4 is 5.32 Å². The number of carbonyl (C=O) groups is 1. The Bertz CT molecular complexity index is 380. The maximum Gasteiger partial charge on any atom is 0.306 e. The summed E-state index contributed by atoms with van der Waals surface area (Å²) in [6, 6.07) is 3.37. The van der Waals surface area contributed by atoms with Crippen LogP contribution in [0.2, 0.25) is 0 Å². The van der Waals surface area contributed by atoms with Gasteiger partial charge in [0.25, 0.3) is 0 Å². The van der Waals surface area contributed by atoms with Gasteiger partial charge in [0.05, 0.1) is 6.42 Å². The number of rotatable bonds is 2. The van der Waals surface area contributed by atoms with E-state index in [1.54, 1.807) is 18.3 Å². The van der Waals surface area contributed by atoms with E-state index < -0.39 is 11.6 Å². The van der Waals surface area contributed by atoms with Crippen LogP contribution >= 0.6 is 0 Å². The molecule has 2 rings (SSSR count). The smallest absolute Gasteiger partial charge is 0.306 e. The lowest BCUT2D eigenvalue weighted by molar-refractivity contribution is -0.142. The number of nitrogens with zero attached hydrogens (tertiary/aromatic N) is 1. The number of anilines is 1. The van der Waals surface area contributed by atoms with Crippen molar-refractivity contribution in [1.82, 2.24) is 4.98 Å². The van der Waals surface area contributed by atoms with Crippen molar-refractivity contribution in [3.8, 4) is 0 Å². The van der Waals surface area contributed by atoms with Crippen LogP contribution in [0.5, 0.6) is 0 Å². The molecule has 3 N–H and O–H groups in total. The number of aromatic nitrogens is 1. The Morgan fingerprint density at radius 3 is 3.21 bits per heavy atom. The van der Waals surface area contributed by atoms with Crippen molar-refractivity contribution in [2.75, 3.05) is 11.9 Å². The minimum atomic E-state index is -1.32. The van der Waals surface area contributed by atoms with Gasteiger partial charge in [-0.2, -0.15) is 0 Å². The van der Waals surface area contributed by atoms with Crippen molar-refractivity contribution in [1.29, 1.82) is 0 Å². The summed E-state index contributed by atoms with van der Waals surface area (Å²) in [5, 5.41) is 21.6. The molecule has 0 bridgehead atoms. The molecule has 14 heavy (non-hydrogen) atoms. The first kappa shape index (κ1) is 8.96. The lowest BCUT2D eigenvalue weighted by Crippen LogP contribution is -2.30. The number of nitrogens with one attached hydrogen (secondary N) is 1. The number of carboxylic acid groups (broad SMARTS) is 1. The first-order valence-electron chi connectivity index (χ1n) is 4.25. The van der Waals surface area contributed by atoms with E-state index in [0.717, 1.165) is 0 Å². The second-order valence-corrected chi connectivity index (χ2v) is 3.36. The van der Waals surface area contributed by atoms with Gasteiger partial charge in [-0.3, -0.25) is 4.79 Å². The normalized spacial score (nSPS) is 24.1. The molecule has 0 radical (unpaired) electrons. The maximum absolute atomic E-state index is 10.6. The fraction of sp³-hybridized carbons (Fsp3) is 0.333. The van der Waals surface area contributed by atoms with E-state index in [0.29, 0.717) is 11.4 Å². The Balaban J connectivity index is 2.37. The van der Waals surface area contributed by atoms with Crippen LogP contribution in [0.25, 0.3) is 0 Å². The fourth-order valence-corrected chi connectivity index (χ4v) is 1.65. The molecule has 0 amide bonds. The fourth-order valence-electron chi connectivity index (χ4n) is 1.65. The van der Waals surface area contributed by atoms with Crippen molar-refractivity contribution < 1.29 is 15.0 Å². The zero-order valence-electron chi connectivity index (χ0n) is 7.40. The highest BCUT2D eigenvalue weighted by atomic mass is 16.4. The summed E-state index contributed by atoms with van der Waals surface area (Å²) in [5.41, 5.74) is -0.766. The van der Waals surface area contributed by atoms with E-state index in [9.17, 15) is 9.90 Å². The predicted octanol–water partition coefficient (Wildman–Crippen LogP) is 0.169. The molecule has 5 heteroatoms. The summed E-state index contributed by atoms with van der Waals surface area (Å²) in [6.07, 6.45) is 1.29. The number of β-amino-alcohol motifs (C(OH)–C–C–N with tert-alkyl or cyclic N) is 1. The van der Waals surface area contributed by atoms with Gasteiger partial charge in [-0.25, -0.2) is 4.98 Å². The van der Waals surface area contributed by atoms with Gasteiger partial charge in [-0.1, -0.05) is 6.07 Å². The molecule has 1 aromatic heterocycles. The van der Waals surface area contributed by atoms with E-state index >= 15 is 0 Å². The van der Waals surface area contributed by atoms with Gasteiger partial charge in [-0.15, -0.1) is 0 Å². The van der Waals surface area contributed by atoms with Gasteiger partial charge < -0.3 is 15.5 Å². The van der Waals surface area contributed by atoms with Gasteiger partial charge >= 0.3 is 5.97 Å². The van der Waals surface area contributed by atoms with E-state index in [2.05, 4.69) is 10.3 Å². The molecule has 1 aromatic rings. The quantitative estimate of drug-likeness (QED) is 0.625. The molecule has 1 unspecified atom stereocenters. The number of fused-ring (bicyclic) bond motifs is 1. The highest BCUT2D eigenvalue weighted by Crippen LogP contribution is 2.35. The third-order valence-corrected chi connectivity index (χ3v) is 2.30. The lowest BCUT2D eigenvalue weighted by Gasteiger charge is -2.19. The maximum atomic E-state index is 10.6. The number of pyridine rings is 1. The zero-order valence-corrected chi connectivity index (χ0v) is 7.40. The summed E-state index contributed by atoms with van der Waals surface area (Å²) in [5.74, 6) is -0.456. The predicted molar refractivity (Wildman–Crippen MR) is 48.9 cm³/mol. The molecule has 74 valence electrons. The third-order valence-electron chi connectivity index (χ3n) is 2.30. The molecule has 0 aliphatic carbocycles. The van der Waals surface area contributed by atoms with Gasteiger partial charge in [-0.05, 0) is 6.07 Å². The van der Waals surface area contributed by atoms with Crippen molar-refractivity contribution in [2.45, 2.75) is 12.0 Å². The monoisotopic (exact) mass is 194 g/mol.